The third-order valence-corrected chi connectivity index (χ3v) is 5.02. The van der Waals surface area contributed by atoms with E-state index in [1.807, 2.05) is 0 Å². The fourth-order valence-corrected chi connectivity index (χ4v) is 3.31. The summed E-state index contributed by atoms with van der Waals surface area (Å²) in [6, 6.07) is 8.39. The fraction of sp³-hybridized carbons (Fsp3) is 0.636. The van der Waals surface area contributed by atoms with Crippen LogP contribution in [0.3, 0.4) is 0 Å². The van der Waals surface area contributed by atoms with Crippen molar-refractivity contribution >= 4 is 11.9 Å². The van der Waals surface area contributed by atoms with E-state index in [1.165, 1.54) is 44.1 Å². The number of rotatable bonds is 11. The molecule has 1 aliphatic rings. The average Bonchev–Trinajstić information content (AvgIpc) is 2.72. The first-order valence-corrected chi connectivity index (χ1v) is 10.6. The Morgan fingerprint density at radius 3 is 2.19 bits per heavy atom. The van der Waals surface area contributed by atoms with Crippen molar-refractivity contribution in [2.75, 3.05) is 19.7 Å². The van der Waals surface area contributed by atoms with Gasteiger partial charge in [-0.15, -0.1) is 0 Å². The second-order valence-electron chi connectivity index (χ2n) is 7.59. The molecule has 2 rings (SSSR count). The van der Waals surface area contributed by atoms with Crippen molar-refractivity contribution in [2.45, 2.75) is 64.0 Å². The van der Waals surface area contributed by atoms with Crippen molar-refractivity contribution in [1.82, 2.24) is 5.32 Å². The minimum atomic E-state index is -5.08. The zero-order valence-corrected chi connectivity index (χ0v) is 17.6. The number of halogens is 3. The first kappa shape index (κ1) is 26.7. The number of carboxylic acid groups (broad SMARTS) is 2. The van der Waals surface area contributed by atoms with Gasteiger partial charge in [-0.05, 0) is 49.4 Å². The number of hydrogen-bond acceptors (Lipinski definition) is 4. The summed E-state index contributed by atoms with van der Waals surface area (Å²) in [5.41, 5.74) is 1.30. The number of ether oxygens (including phenoxy) is 1. The Morgan fingerprint density at radius 1 is 1.03 bits per heavy atom. The van der Waals surface area contributed by atoms with Gasteiger partial charge in [0.15, 0.2) is 0 Å². The average molecular weight is 447 g/mol. The van der Waals surface area contributed by atoms with E-state index in [2.05, 4.69) is 29.6 Å². The first-order valence-electron chi connectivity index (χ1n) is 10.6. The summed E-state index contributed by atoms with van der Waals surface area (Å²) >= 11 is 0. The van der Waals surface area contributed by atoms with Gasteiger partial charge < -0.3 is 20.3 Å². The molecular weight excluding hydrogens is 415 g/mol. The predicted molar refractivity (Wildman–Crippen MR) is 110 cm³/mol. The number of alkyl halides is 3. The largest absolute Gasteiger partial charge is 0.494 e. The smallest absolute Gasteiger partial charge is 0.490 e. The van der Waals surface area contributed by atoms with Crippen molar-refractivity contribution in [3.63, 3.8) is 0 Å². The number of hydrogen-bond donors (Lipinski definition) is 3. The number of carboxylic acids is 2. The van der Waals surface area contributed by atoms with Gasteiger partial charge in [-0.2, -0.15) is 13.2 Å². The van der Waals surface area contributed by atoms with Gasteiger partial charge in [0.1, 0.15) is 5.75 Å². The molecule has 176 valence electrons. The summed E-state index contributed by atoms with van der Waals surface area (Å²) < 4.78 is 37.6. The number of nitrogens with one attached hydrogen (secondary N) is 1. The maximum absolute atomic E-state index is 10.6. The third kappa shape index (κ3) is 13.6. The van der Waals surface area contributed by atoms with Gasteiger partial charge in [-0.3, -0.25) is 4.79 Å². The Morgan fingerprint density at radius 2 is 1.65 bits per heavy atom. The standard InChI is InChI=1S/C20H31NO3.C2HF3O2/c22-20(23)12-15-21-14-4-7-18-8-10-19(11-9-18)24-16-13-17-5-2-1-3-6-17;3-2(4,5)1(6)7/h8-11,17,21H,1-7,12-16H2,(H,22,23);(H,6,7). The lowest BCUT2D eigenvalue weighted by Crippen LogP contribution is -2.21. The molecule has 0 amide bonds. The summed E-state index contributed by atoms with van der Waals surface area (Å²) in [5.74, 6) is -1.67. The number of carbonyl (C=O) groups is 2. The molecule has 1 aromatic carbocycles. The minimum absolute atomic E-state index is 0.187. The topological polar surface area (TPSA) is 95.9 Å². The van der Waals surface area contributed by atoms with Gasteiger partial charge in [-0.25, -0.2) is 4.79 Å². The highest BCUT2D eigenvalue weighted by Crippen LogP contribution is 2.26. The van der Waals surface area contributed by atoms with E-state index in [0.717, 1.165) is 37.7 Å². The zero-order valence-electron chi connectivity index (χ0n) is 17.6. The summed E-state index contributed by atoms with van der Waals surface area (Å²) in [7, 11) is 0. The molecule has 0 atom stereocenters. The van der Waals surface area contributed by atoms with E-state index in [4.69, 9.17) is 19.7 Å². The van der Waals surface area contributed by atoms with Crippen LogP contribution in [-0.2, 0) is 16.0 Å². The lowest BCUT2D eigenvalue weighted by atomic mass is 9.87. The van der Waals surface area contributed by atoms with Crippen LogP contribution in [0.1, 0.15) is 56.9 Å². The van der Waals surface area contributed by atoms with Gasteiger partial charge in [0.2, 0.25) is 0 Å². The van der Waals surface area contributed by atoms with Crippen LogP contribution >= 0.6 is 0 Å². The molecule has 9 heteroatoms. The van der Waals surface area contributed by atoms with Gasteiger partial charge in [0.05, 0.1) is 13.0 Å². The molecule has 0 radical (unpaired) electrons. The Hall–Kier alpha value is -2.29. The van der Waals surface area contributed by atoms with Crippen LogP contribution in [0.25, 0.3) is 0 Å². The van der Waals surface area contributed by atoms with Crippen LogP contribution in [0.4, 0.5) is 13.2 Å². The van der Waals surface area contributed by atoms with Crippen molar-refractivity contribution in [1.29, 1.82) is 0 Å². The minimum Gasteiger partial charge on any atom is -0.494 e. The van der Waals surface area contributed by atoms with Crippen molar-refractivity contribution in [3.8, 4) is 5.75 Å². The van der Waals surface area contributed by atoms with E-state index < -0.39 is 18.1 Å². The van der Waals surface area contributed by atoms with E-state index >= 15 is 0 Å². The molecule has 0 bridgehead atoms. The lowest BCUT2D eigenvalue weighted by Gasteiger charge is -2.21. The Kier molecular flexibility index (Phi) is 12.7. The highest BCUT2D eigenvalue weighted by Gasteiger charge is 2.38. The molecular formula is C22H32F3NO5. The normalized spacial score (nSPS) is 14.4. The van der Waals surface area contributed by atoms with E-state index in [9.17, 15) is 18.0 Å². The van der Waals surface area contributed by atoms with Gasteiger partial charge in [-0.1, -0.05) is 44.2 Å². The molecule has 1 fully saturated rings. The Bertz CT molecular complexity index is 644. The number of benzene rings is 1. The molecule has 0 aliphatic heterocycles. The second-order valence-corrected chi connectivity index (χ2v) is 7.59. The number of aryl methyl sites for hydroxylation is 1. The second kappa shape index (κ2) is 14.7. The van der Waals surface area contributed by atoms with Crippen LogP contribution in [0.5, 0.6) is 5.75 Å². The number of aliphatic carboxylic acids is 2. The summed E-state index contributed by atoms with van der Waals surface area (Å²) in [6.07, 6.45) is 5.26. The molecule has 0 spiro atoms. The molecule has 1 aliphatic carbocycles. The fourth-order valence-electron chi connectivity index (χ4n) is 3.31. The lowest BCUT2D eigenvalue weighted by molar-refractivity contribution is -0.192. The van der Waals surface area contributed by atoms with Crippen LogP contribution < -0.4 is 10.1 Å². The SMILES string of the molecule is O=C(O)C(F)(F)F.O=C(O)CCNCCCc1ccc(OCCC2CCCCC2)cc1. The van der Waals surface area contributed by atoms with E-state index in [0.29, 0.717) is 6.54 Å². The molecule has 31 heavy (non-hydrogen) atoms. The van der Waals surface area contributed by atoms with Crippen LogP contribution in [0.2, 0.25) is 0 Å². The maximum Gasteiger partial charge on any atom is 0.490 e. The first-order chi connectivity index (χ1) is 14.7. The zero-order chi connectivity index (χ0) is 23.1. The predicted octanol–water partition coefficient (Wildman–Crippen LogP) is 4.67. The summed E-state index contributed by atoms with van der Waals surface area (Å²) in [4.78, 5) is 19.3. The molecule has 0 saturated heterocycles. The summed E-state index contributed by atoms with van der Waals surface area (Å²) in [6.45, 7) is 2.23. The van der Waals surface area contributed by atoms with Gasteiger partial charge in [0, 0.05) is 6.54 Å². The molecule has 6 nitrogen and oxygen atoms in total. The monoisotopic (exact) mass is 447 g/mol. The van der Waals surface area contributed by atoms with Crippen LogP contribution in [0.15, 0.2) is 24.3 Å². The molecule has 0 unspecified atom stereocenters. The molecule has 0 aromatic heterocycles. The quantitative estimate of drug-likeness (QED) is 0.427. The molecule has 1 aromatic rings. The third-order valence-electron chi connectivity index (χ3n) is 5.02. The highest BCUT2D eigenvalue weighted by atomic mass is 19.4. The van der Waals surface area contributed by atoms with Crippen LogP contribution in [-0.4, -0.2) is 48.0 Å². The van der Waals surface area contributed by atoms with E-state index in [-0.39, 0.29) is 6.42 Å². The Balaban J connectivity index is 0.000000592. The molecule has 1 saturated carbocycles. The Labute approximate surface area is 180 Å². The van der Waals surface area contributed by atoms with Crippen LogP contribution in [0, 0.1) is 5.92 Å². The van der Waals surface area contributed by atoms with Crippen molar-refractivity contribution in [2.24, 2.45) is 5.92 Å². The van der Waals surface area contributed by atoms with Gasteiger partial charge >= 0.3 is 18.1 Å². The van der Waals surface area contributed by atoms with Gasteiger partial charge in [0.25, 0.3) is 0 Å². The van der Waals surface area contributed by atoms with E-state index in [1.54, 1.807) is 0 Å². The highest BCUT2D eigenvalue weighted by molar-refractivity contribution is 5.73. The van der Waals surface area contributed by atoms with Crippen molar-refractivity contribution < 1.29 is 37.7 Å². The molecule has 0 heterocycles. The molecule has 3 N–H and O–H groups in total. The maximum atomic E-state index is 10.6. The van der Waals surface area contributed by atoms with Crippen molar-refractivity contribution in [3.05, 3.63) is 29.8 Å². The summed E-state index contributed by atoms with van der Waals surface area (Å²) in [5, 5.41) is 18.8.